The summed E-state index contributed by atoms with van der Waals surface area (Å²) in [4.78, 5) is 29.6. The van der Waals surface area contributed by atoms with E-state index in [2.05, 4.69) is 19.2 Å². The molecule has 0 aliphatic carbocycles. The Hall–Kier alpha value is -3.03. The quantitative estimate of drug-likeness (QED) is 0.557. The fraction of sp³-hybridized carbons (Fsp3) is 0.312. The predicted octanol–water partition coefficient (Wildman–Crippen LogP) is 1.60. The Morgan fingerprint density at radius 2 is 1.62 bits per heavy atom. The number of hydrogen-bond acceptors (Lipinski definition) is 4. The predicted molar refractivity (Wildman–Crippen MR) is 87.6 cm³/mol. The van der Waals surface area contributed by atoms with Crippen LogP contribution < -0.4 is 15.8 Å². The number of carbonyl (C=O) groups excluding carboxylic acids is 1. The lowest BCUT2D eigenvalue weighted by atomic mass is 10.2. The van der Waals surface area contributed by atoms with Crippen LogP contribution in [0, 0.1) is 5.92 Å². The number of carboxylic acids is 2. The van der Waals surface area contributed by atoms with Gasteiger partial charge in [-0.3, -0.25) is 0 Å². The Balaban J connectivity index is 0.000000561. The van der Waals surface area contributed by atoms with Gasteiger partial charge >= 0.3 is 18.0 Å². The standard InChI is InChI=1S/C12H18N2O2.C4H4O4/c1-9(2)8-16-11-5-3-10(4-6-11)7-14-12(13)15;5-3(6)1-2-4(7)8/h3-6,9H,7-8H2,1-2H3,(H3,13,14,15);1-2H,(H,5,6)(H,7,8)/b;2-1-. The summed E-state index contributed by atoms with van der Waals surface area (Å²) < 4.78 is 5.54. The first-order valence-electron chi connectivity index (χ1n) is 7.09. The van der Waals surface area contributed by atoms with Gasteiger partial charge in [-0.05, 0) is 23.6 Å². The van der Waals surface area contributed by atoms with Crippen LogP contribution >= 0.6 is 0 Å². The molecule has 8 heteroatoms. The van der Waals surface area contributed by atoms with E-state index in [9.17, 15) is 14.4 Å². The first-order valence-corrected chi connectivity index (χ1v) is 7.09. The number of urea groups is 1. The number of nitrogens with two attached hydrogens (primary N) is 1. The number of carbonyl (C=O) groups is 3. The van der Waals surface area contributed by atoms with Crippen molar-refractivity contribution in [2.45, 2.75) is 20.4 Å². The van der Waals surface area contributed by atoms with Crippen molar-refractivity contribution < 1.29 is 29.3 Å². The number of nitrogens with one attached hydrogen (secondary N) is 1. The molecule has 2 amide bonds. The number of benzene rings is 1. The van der Waals surface area contributed by atoms with Gasteiger partial charge in [0, 0.05) is 18.7 Å². The van der Waals surface area contributed by atoms with E-state index in [1.54, 1.807) is 0 Å². The fourth-order valence-electron chi connectivity index (χ4n) is 1.30. The lowest BCUT2D eigenvalue weighted by molar-refractivity contribution is -0.134. The van der Waals surface area contributed by atoms with Gasteiger partial charge in [0.2, 0.25) is 0 Å². The summed E-state index contributed by atoms with van der Waals surface area (Å²) in [5.41, 5.74) is 5.97. The van der Waals surface area contributed by atoms with Crippen molar-refractivity contribution >= 4 is 18.0 Å². The molecule has 0 atom stereocenters. The highest BCUT2D eigenvalue weighted by atomic mass is 16.5. The Kier molecular flexibility index (Phi) is 10.1. The Labute approximate surface area is 139 Å². The molecule has 0 aliphatic rings. The average molecular weight is 338 g/mol. The van der Waals surface area contributed by atoms with Crippen LogP contribution in [0.15, 0.2) is 36.4 Å². The van der Waals surface area contributed by atoms with E-state index < -0.39 is 18.0 Å². The third-order valence-electron chi connectivity index (χ3n) is 2.34. The zero-order valence-corrected chi connectivity index (χ0v) is 13.6. The molecule has 24 heavy (non-hydrogen) atoms. The number of primary amides is 1. The maximum Gasteiger partial charge on any atom is 0.328 e. The van der Waals surface area contributed by atoms with Gasteiger partial charge in [-0.2, -0.15) is 0 Å². The zero-order valence-electron chi connectivity index (χ0n) is 13.6. The van der Waals surface area contributed by atoms with Crippen LogP contribution in [-0.2, 0) is 16.1 Å². The molecule has 0 saturated carbocycles. The Morgan fingerprint density at radius 3 is 2.00 bits per heavy atom. The van der Waals surface area contributed by atoms with Gasteiger partial charge in [0.05, 0.1) is 6.61 Å². The summed E-state index contributed by atoms with van der Waals surface area (Å²) in [6, 6.07) is 7.08. The largest absolute Gasteiger partial charge is 0.493 e. The van der Waals surface area contributed by atoms with Crippen LogP contribution in [0.1, 0.15) is 19.4 Å². The number of amides is 2. The number of carboxylic acid groups (broad SMARTS) is 2. The second-order valence-electron chi connectivity index (χ2n) is 5.08. The molecule has 1 rings (SSSR count). The molecule has 0 radical (unpaired) electrons. The number of rotatable bonds is 7. The average Bonchev–Trinajstić information content (AvgIpc) is 2.50. The van der Waals surface area contributed by atoms with Crippen molar-refractivity contribution in [3.8, 4) is 5.75 Å². The van der Waals surface area contributed by atoms with Crippen molar-refractivity contribution in [2.24, 2.45) is 11.7 Å². The molecule has 0 saturated heterocycles. The zero-order chi connectivity index (χ0) is 18.5. The van der Waals surface area contributed by atoms with Crippen LogP contribution in [0.4, 0.5) is 4.79 Å². The van der Waals surface area contributed by atoms with Crippen LogP contribution in [0.2, 0.25) is 0 Å². The maximum atomic E-state index is 10.5. The second-order valence-corrected chi connectivity index (χ2v) is 5.08. The second kappa shape index (κ2) is 11.5. The molecule has 0 heterocycles. The molecule has 8 nitrogen and oxygen atoms in total. The van der Waals surface area contributed by atoms with Gasteiger partial charge in [-0.25, -0.2) is 14.4 Å². The summed E-state index contributed by atoms with van der Waals surface area (Å²) in [6.45, 7) is 5.36. The molecular weight excluding hydrogens is 316 g/mol. The van der Waals surface area contributed by atoms with Crippen LogP contribution in [-0.4, -0.2) is 34.8 Å². The molecule has 132 valence electrons. The number of ether oxygens (including phenoxy) is 1. The van der Waals surface area contributed by atoms with E-state index in [0.717, 1.165) is 11.3 Å². The molecule has 0 fully saturated rings. The van der Waals surface area contributed by atoms with Gasteiger partial charge < -0.3 is 26.0 Å². The van der Waals surface area contributed by atoms with Gasteiger partial charge in [-0.1, -0.05) is 26.0 Å². The minimum Gasteiger partial charge on any atom is -0.493 e. The van der Waals surface area contributed by atoms with Crippen molar-refractivity contribution in [1.82, 2.24) is 5.32 Å². The molecule has 0 unspecified atom stereocenters. The summed E-state index contributed by atoms with van der Waals surface area (Å²) in [6.07, 6.45) is 1.12. The molecule has 0 aliphatic heterocycles. The van der Waals surface area contributed by atoms with Gasteiger partial charge in [-0.15, -0.1) is 0 Å². The van der Waals surface area contributed by atoms with Gasteiger partial charge in [0.15, 0.2) is 0 Å². The molecule has 0 bridgehead atoms. The minimum absolute atomic E-state index is 0.444. The van der Waals surface area contributed by atoms with Crippen LogP contribution in [0.25, 0.3) is 0 Å². The maximum absolute atomic E-state index is 10.5. The summed E-state index contributed by atoms with van der Waals surface area (Å²) >= 11 is 0. The highest BCUT2D eigenvalue weighted by molar-refractivity contribution is 5.89. The Morgan fingerprint density at radius 1 is 1.12 bits per heavy atom. The first-order chi connectivity index (χ1) is 11.2. The van der Waals surface area contributed by atoms with E-state index in [-0.39, 0.29) is 0 Å². The first kappa shape index (κ1) is 21.0. The van der Waals surface area contributed by atoms with E-state index in [1.807, 2.05) is 24.3 Å². The summed E-state index contributed by atoms with van der Waals surface area (Å²) in [7, 11) is 0. The Bertz CT molecular complexity index is 550. The molecule has 0 aromatic heterocycles. The number of hydrogen-bond donors (Lipinski definition) is 4. The monoisotopic (exact) mass is 338 g/mol. The van der Waals surface area contributed by atoms with Crippen molar-refractivity contribution in [2.75, 3.05) is 6.61 Å². The van der Waals surface area contributed by atoms with E-state index in [4.69, 9.17) is 20.7 Å². The molecule has 1 aromatic carbocycles. The highest BCUT2D eigenvalue weighted by Crippen LogP contribution is 2.13. The van der Waals surface area contributed by atoms with Crippen molar-refractivity contribution in [3.63, 3.8) is 0 Å². The summed E-state index contributed by atoms with van der Waals surface area (Å²) in [5, 5.41) is 18.2. The van der Waals surface area contributed by atoms with Crippen molar-refractivity contribution in [1.29, 1.82) is 0 Å². The number of aliphatic carboxylic acids is 2. The third kappa shape index (κ3) is 12.7. The van der Waals surface area contributed by atoms with E-state index in [0.29, 0.717) is 31.2 Å². The smallest absolute Gasteiger partial charge is 0.328 e. The lowest BCUT2D eigenvalue weighted by Gasteiger charge is -2.09. The SMILES string of the molecule is CC(C)COc1ccc(CNC(N)=O)cc1.O=C(O)/C=C\C(=O)O. The molecular formula is C16H22N2O6. The lowest BCUT2D eigenvalue weighted by Crippen LogP contribution is -2.28. The van der Waals surface area contributed by atoms with E-state index in [1.165, 1.54) is 0 Å². The van der Waals surface area contributed by atoms with Crippen LogP contribution in [0.3, 0.4) is 0 Å². The fourth-order valence-corrected chi connectivity index (χ4v) is 1.30. The van der Waals surface area contributed by atoms with E-state index >= 15 is 0 Å². The normalized spacial score (nSPS) is 9.96. The third-order valence-corrected chi connectivity index (χ3v) is 2.34. The van der Waals surface area contributed by atoms with Crippen LogP contribution in [0.5, 0.6) is 5.75 Å². The molecule has 0 spiro atoms. The molecule has 5 N–H and O–H groups in total. The summed E-state index contributed by atoms with van der Waals surface area (Å²) in [5.74, 6) is -1.16. The topological polar surface area (TPSA) is 139 Å². The highest BCUT2D eigenvalue weighted by Gasteiger charge is 1.98. The van der Waals surface area contributed by atoms with Crippen molar-refractivity contribution in [3.05, 3.63) is 42.0 Å². The van der Waals surface area contributed by atoms with Gasteiger partial charge in [0.1, 0.15) is 5.75 Å². The van der Waals surface area contributed by atoms with Gasteiger partial charge in [0.25, 0.3) is 0 Å². The molecule has 1 aromatic rings. The minimum atomic E-state index is -1.26.